The minimum atomic E-state index is 0.456. The third-order valence-electron chi connectivity index (χ3n) is 1.18. The first kappa shape index (κ1) is 10.1. The van der Waals surface area contributed by atoms with E-state index in [4.69, 9.17) is 17.3 Å². The van der Waals surface area contributed by atoms with Crippen LogP contribution in [-0.4, -0.2) is 20.4 Å². The number of anilines is 1. The van der Waals surface area contributed by atoms with Crippen LogP contribution in [-0.2, 0) is 5.75 Å². The van der Waals surface area contributed by atoms with Crippen molar-refractivity contribution in [3.63, 3.8) is 0 Å². The predicted molar refractivity (Wildman–Crippen MR) is 58.8 cm³/mol. The lowest BCUT2D eigenvalue weighted by atomic mass is 10.9. The molecule has 14 heavy (non-hydrogen) atoms. The molecule has 2 rings (SSSR count). The van der Waals surface area contributed by atoms with Crippen molar-refractivity contribution in [3.8, 4) is 0 Å². The van der Waals surface area contributed by atoms with Crippen molar-refractivity contribution < 1.29 is 0 Å². The van der Waals surface area contributed by atoms with Crippen LogP contribution in [0.15, 0.2) is 4.34 Å². The smallest absolute Gasteiger partial charge is 0.207 e. The number of halogens is 1. The summed E-state index contributed by atoms with van der Waals surface area (Å²) in [5.74, 6) is 0.693. The Labute approximate surface area is 96.7 Å². The van der Waals surface area contributed by atoms with Crippen molar-refractivity contribution in [2.45, 2.75) is 10.1 Å². The number of thioether (sulfide) groups is 1. The number of nitrogens with two attached hydrogens (primary N) is 1. The zero-order chi connectivity index (χ0) is 9.97. The largest absolute Gasteiger partial charge is 0.374 e. The maximum atomic E-state index is 5.64. The van der Waals surface area contributed by atoms with Crippen LogP contribution in [0.3, 0.4) is 0 Å². The van der Waals surface area contributed by atoms with Crippen LogP contribution in [0.1, 0.15) is 5.01 Å². The molecule has 0 radical (unpaired) electrons. The Balaban J connectivity index is 1.94. The lowest BCUT2D eigenvalue weighted by Gasteiger charge is -1.88. The van der Waals surface area contributed by atoms with E-state index in [9.17, 15) is 0 Å². The number of nitrogens with zero attached hydrogens (tertiary/aromatic N) is 4. The molecule has 0 aliphatic rings. The highest BCUT2D eigenvalue weighted by molar-refractivity contribution is 8.00. The summed E-state index contributed by atoms with van der Waals surface area (Å²) in [5, 5.41) is 16.5. The summed E-state index contributed by atoms with van der Waals surface area (Å²) in [7, 11) is 0. The van der Waals surface area contributed by atoms with Crippen molar-refractivity contribution in [1.29, 1.82) is 0 Å². The molecule has 0 fully saturated rings. The molecule has 0 unspecified atom stereocenters. The highest BCUT2D eigenvalue weighted by Gasteiger charge is 2.05. The average molecular weight is 266 g/mol. The Morgan fingerprint density at radius 2 is 2.07 bits per heavy atom. The van der Waals surface area contributed by atoms with E-state index in [1.54, 1.807) is 0 Å². The first-order valence-electron chi connectivity index (χ1n) is 3.43. The van der Waals surface area contributed by atoms with E-state index >= 15 is 0 Å². The van der Waals surface area contributed by atoms with Gasteiger partial charge in [0, 0.05) is 0 Å². The maximum Gasteiger partial charge on any atom is 0.207 e. The van der Waals surface area contributed by atoms with Gasteiger partial charge in [-0.2, -0.15) is 0 Å². The van der Waals surface area contributed by atoms with Crippen molar-refractivity contribution in [1.82, 2.24) is 20.4 Å². The standard InChI is InChI=1S/C5H4ClN5S3/c6-3-9-8-2(13-3)1-12-5-11-10-4(7)14-5/h1H2,(H2,7,10). The van der Waals surface area contributed by atoms with Crippen molar-refractivity contribution in [2.75, 3.05) is 5.73 Å². The maximum absolute atomic E-state index is 5.64. The molecule has 0 aromatic carbocycles. The van der Waals surface area contributed by atoms with E-state index in [-0.39, 0.29) is 0 Å². The second-order valence-corrected chi connectivity index (χ2v) is 6.02. The fourth-order valence-corrected chi connectivity index (χ4v) is 3.18. The molecule has 2 aromatic rings. The lowest BCUT2D eigenvalue weighted by molar-refractivity contribution is 1.01. The fourth-order valence-electron chi connectivity index (χ4n) is 0.694. The molecule has 0 saturated heterocycles. The van der Waals surface area contributed by atoms with Gasteiger partial charge in [0.15, 0.2) is 4.34 Å². The molecule has 2 N–H and O–H groups in total. The summed E-state index contributed by atoms with van der Waals surface area (Å²) in [5.41, 5.74) is 5.44. The predicted octanol–water partition coefficient (Wildman–Crippen LogP) is 1.92. The van der Waals surface area contributed by atoms with Crippen LogP contribution in [0.25, 0.3) is 0 Å². The van der Waals surface area contributed by atoms with Gasteiger partial charge in [0.2, 0.25) is 9.60 Å². The van der Waals surface area contributed by atoms with E-state index in [0.29, 0.717) is 15.4 Å². The number of hydrogen-bond donors (Lipinski definition) is 1. The van der Waals surface area contributed by atoms with Crippen molar-refractivity contribution >= 4 is 51.2 Å². The van der Waals surface area contributed by atoms with Gasteiger partial charge in [0.05, 0.1) is 5.75 Å². The van der Waals surface area contributed by atoms with Crippen molar-refractivity contribution in [2.24, 2.45) is 0 Å². The Morgan fingerprint density at radius 1 is 1.21 bits per heavy atom. The van der Waals surface area contributed by atoms with Gasteiger partial charge in [-0.3, -0.25) is 0 Å². The lowest BCUT2D eigenvalue weighted by Crippen LogP contribution is -1.80. The number of aromatic nitrogens is 4. The zero-order valence-corrected chi connectivity index (χ0v) is 9.88. The molecule has 5 nitrogen and oxygen atoms in total. The summed E-state index contributed by atoms with van der Waals surface area (Å²) in [4.78, 5) is 0. The van der Waals surface area contributed by atoms with Crippen LogP contribution < -0.4 is 5.73 Å². The first-order chi connectivity index (χ1) is 6.74. The van der Waals surface area contributed by atoms with E-state index in [0.717, 1.165) is 9.35 Å². The molecule has 74 valence electrons. The molecule has 0 bridgehead atoms. The molecular formula is C5H4ClN5S3. The van der Waals surface area contributed by atoms with Crippen LogP contribution in [0.2, 0.25) is 4.47 Å². The summed E-state index contributed by atoms with van der Waals surface area (Å²) in [6.07, 6.45) is 0. The molecule has 0 aliphatic heterocycles. The normalized spacial score (nSPS) is 10.6. The molecule has 2 heterocycles. The van der Waals surface area contributed by atoms with Gasteiger partial charge < -0.3 is 5.73 Å². The zero-order valence-electron chi connectivity index (χ0n) is 6.68. The number of nitrogen functional groups attached to an aromatic ring is 1. The van der Waals surface area contributed by atoms with Crippen LogP contribution in [0.4, 0.5) is 5.13 Å². The molecule has 0 aliphatic carbocycles. The summed E-state index contributed by atoms with van der Waals surface area (Å²) in [6, 6.07) is 0. The summed E-state index contributed by atoms with van der Waals surface area (Å²) in [6.45, 7) is 0. The van der Waals surface area contributed by atoms with Crippen LogP contribution in [0, 0.1) is 0 Å². The minimum Gasteiger partial charge on any atom is -0.374 e. The Hall–Kier alpha value is -0.440. The SMILES string of the molecule is Nc1nnc(SCc2nnc(Cl)s2)s1. The third kappa shape index (κ3) is 2.53. The van der Waals surface area contributed by atoms with Gasteiger partial charge in [-0.15, -0.1) is 20.4 Å². The Kier molecular flexibility index (Phi) is 3.16. The molecule has 0 saturated carbocycles. The van der Waals surface area contributed by atoms with E-state index in [2.05, 4.69) is 20.4 Å². The van der Waals surface area contributed by atoms with Crippen LogP contribution in [0.5, 0.6) is 0 Å². The number of hydrogen-bond acceptors (Lipinski definition) is 8. The van der Waals surface area contributed by atoms with Gasteiger partial charge in [0.1, 0.15) is 5.01 Å². The van der Waals surface area contributed by atoms with Crippen molar-refractivity contribution in [3.05, 3.63) is 9.47 Å². The Bertz CT molecular complexity index is 386. The average Bonchev–Trinajstić information content (AvgIpc) is 2.72. The topological polar surface area (TPSA) is 77.6 Å². The molecule has 9 heteroatoms. The van der Waals surface area contributed by atoms with Gasteiger partial charge >= 0.3 is 0 Å². The number of rotatable bonds is 3. The monoisotopic (exact) mass is 265 g/mol. The quantitative estimate of drug-likeness (QED) is 0.855. The minimum absolute atomic E-state index is 0.456. The van der Waals surface area contributed by atoms with Gasteiger partial charge in [0.25, 0.3) is 0 Å². The molecule has 0 spiro atoms. The summed E-state index contributed by atoms with van der Waals surface area (Å²) >= 11 is 9.88. The van der Waals surface area contributed by atoms with Gasteiger partial charge in [-0.1, -0.05) is 34.4 Å². The van der Waals surface area contributed by atoms with E-state index < -0.39 is 0 Å². The first-order valence-corrected chi connectivity index (χ1v) is 6.43. The second kappa shape index (κ2) is 4.39. The Morgan fingerprint density at radius 3 is 2.64 bits per heavy atom. The molecule has 0 amide bonds. The third-order valence-corrected chi connectivity index (χ3v) is 4.28. The van der Waals surface area contributed by atoms with Gasteiger partial charge in [-0.25, -0.2) is 0 Å². The highest BCUT2D eigenvalue weighted by atomic mass is 35.5. The second-order valence-electron chi connectivity index (χ2n) is 2.14. The molecule has 2 aromatic heterocycles. The molecular weight excluding hydrogens is 262 g/mol. The fraction of sp³-hybridized carbons (Fsp3) is 0.200. The summed E-state index contributed by atoms with van der Waals surface area (Å²) < 4.78 is 1.28. The molecule has 0 atom stereocenters. The van der Waals surface area contributed by atoms with Gasteiger partial charge in [-0.05, 0) is 11.6 Å². The van der Waals surface area contributed by atoms with E-state index in [1.807, 2.05) is 0 Å². The van der Waals surface area contributed by atoms with Crippen LogP contribution >= 0.6 is 46.0 Å². The highest BCUT2D eigenvalue weighted by Crippen LogP contribution is 2.28. The van der Waals surface area contributed by atoms with E-state index in [1.165, 1.54) is 34.4 Å².